The standard InChI is InChI=1S/C21H19F2N5O/c22-17-7-6-15(12-18(17)23)26-21(29)19-13-20(25-14-24-19)28-10-8-27(9-11-28)16-4-2-1-3-5-16/h1-7,12-14H,8-11H2,(H,26,29). The van der Waals surface area contributed by atoms with Crippen molar-refractivity contribution in [2.45, 2.75) is 0 Å². The van der Waals surface area contributed by atoms with Crippen LogP contribution in [-0.2, 0) is 0 Å². The first-order valence-electron chi connectivity index (χ1n) is 9.23. The second kappa shape index (κ2) is 8.22. The van der Waals surface area contributed by atoms with Crippen molar-refractivity contribution in [2.24, 2.45) is 0 Å². The Morgan fingerprint density at radius 3 is 2.31 bits per heavy atom. The summed E-state index contributed by atoms with van der Waals surface area (Å²) in [5.41, 5.74) is 1.50. The molecule has 8 heteroatoms. The van der Waals surface area contributed by atoms with Crippen LogP contribution in [-0.4, -0.2) is 42.1 Å². The molecular formula is C21H19F2N5O. The third kappa shape index (κ3) is 4.31. The fraction of sp³-hybridized carbons (Fsp3) is 0.190. The highest BCUT2D eigenvalue weighted by atomic mass is 19.2. The number of amides is 1. The number of anilines is 3. The van der Waals surface area contributed by atoms with E-state index < -0.39 is 17.5 Å². The van der Waals surface area contributed by atoms with Crippen molar-refractivity contribution in [1.82, 2.24) is 9.97 Å². The van der Waals surface area contributed by atoms with Gasteiger partial charge in [-0.25, -0.2) is 18.7 Å². The summed E-state index contributed by atoms with van der Waals surface area (Å²) in [5.74, 6) is -1.85. The Kier molecular flexibility index (Phi) is 5.33. The van der Waals surface area contributed by atoms with Gasteiger partial charge in [-0.05, 0) is 24.3 Å². The zero-order chi connectivity index (χ0) is 20.2. The normalized spacial score (nSPS) is 14.0. The lowest BCUT2D eigenvalue weighted by molar-refractivity contribution is 0.102. The molecule has 0 unspecified atom stereocenters. The van der Waals surface area contributed by atoms with Crippen LogP contribution < -0.4 is 15.1 Å². The molecule has 1 aromatic heterocycles. The van der Waals surface area contributed by atoms with Crippen LogP contribution in [0.2, 0.25) is 0 Å². The summed E-state index contributed by atoms with van der Waals surface area (Å²) in [4.78, 5) is 25.1. The Balaban J connectivity index is 1.42. The Labute approximate surface area is 166 Å². The number of piperazine rings is 1. The van der Waals surface area contributed by atoms with Crippen LogP contribution in [0.15, 0.2) is 60.9 Å². The second-order valence-electron chi connectivity index (χ2n) is 6.65. The number of benzene rings is 2. The third-order valence-electron chi connectivity index (χ3n) is 4.79. The molecule has 0 radical (unpaired) electrons. The van der Waals surface area contributed by atoms with Gasteiger partial charge in [0.1, 0.15) is 17.8 Å². The maximum atomic E-state index is 13.3. The first kappa shape index (κ1) is 18.8. The molecule has 1 aliphatic heterocycles. The van der Waals surface area contributed by atoms with E-state index in [2.05, 4.69) is 37.2 Å². The molecule has 0 saturated carbocycles. The molecule has 4 rings (SSSR count). The number of hydrogen-bond acceptors (Lipinski definition) is 5. The molecule has 2 heterocycles. The number of hydrogen-bond donors (Lipinski definition) is 1. The first-order valence-corrected chi connectivity index (χ1v) is 9.23. The molecule has 0 atom stereocenters. The van der Waals surface area contributed by atoms with E-state index in [-0.39, 0.29) is 11.4 Å². The Morgan fingerprint density at radius 2 is 1.59 bits per heavy atom. The summed E-state index contributed by atoms with van der Waals surface area (Å²) in [7, 11) is 0. The lowest BCUT2D eigenvalue weighted by Gasteiger charge is -2.36. The highest BCUT2D eigenvalue weighted by Gasteiger charge is 2.20. The topological polar surface area (TPSA) is 61.4 Å². The fourth-order valence-corrected chi connectivity index (χ4v) is 3.25. The van der Waals surface area contributed by atoms with Gasteiger partial charge >= 0.3 is 0 Å². The molecule has 29 heavy (non-hydrogen) atoms. The van der Waals surface area contributed by atoms with E-state index in [0.29, 0.717) is 5.82 Å². The van der Waals surface area contributed by atoms with Gasteiger partial charge in [-0.3, -0.25) is 4.79 Å². The van der Waals surface area contributed by atoms with E-state index >= 15 is 0 Å². The molecule has 1 N–H and O–H groups in total. The van der Waals surface area contributed by atoms with Crippen LogP contribution in [0.4, 0.5) is 26.0 Å². The minimum absolute atomic E-state index is 0.158. The maximum Gasteiger partial charge on any atom is 0.274 e. The van der Waals surface area contributed by atoms with Gasteiger partial charge in [0.2, 0.25) is 0 Å². The van der Waals surface area contributed by atoms with Gasteiger partial charge in [-0.1, -0.05) is 18.2 Å². The average Bonchev–Trinajstić information content (AvgIpc) is 2.77. The van der Waals surface area contributed by atoms with Crippen molar-refractivity contribution in [3.8, 4) is 0 Å². The molecule has 3 aromatic rings. The summed E-state index contributed by atoms with van der Waals surface area (Å²) in [5, 5.41) is 2.52. The third-order valence-corrected chi connectivity index (χ3v) is 4.79. The van der Waals surface area contributed by atoms with Crippen LogP contribution in [0.1, 0.15) is 10.5 Å². The van der Waals surface area contributed by atoms with Gasteiger partial charge < -0.3 is 15.1 Å². The number of para-hydroxylation sites is 1. The van der Waals surface area contributed by atoms with Crippen molar-refractivity contribution in [1.29, 1.82) is 0 Å². The molecule has 148 valence electrons. The smallest absolute Gasteiger partial charge is 0.274 e. The summed E-state index contributed by atoms with van der Waals surface area (Å²) in [6.07, 6.45) is 1.33. The summed E-state index contributed by atoms with van der Waals surface area (Å²) in [6, 6.07) is 15.0. The largest absolute Gasteiger partial charge is 0.368 e. The number of nitrogens with zero attached hydrogens (tertiary/aromatic N) is 4. The molecule has 0 aliphatic carbocycles. The maximum absolute atomic E-state index is 13.3. The van der Waals surface area contributed by atoms with Crippen molar-refractivity contribution < 1.29 is 13.6 Å². The first-order chi connectivity index (χ1) is 14.1. The number of carbonyl (C=O) groups excluding carboxylic acids is 1. The van der Waals surface area contributed by atoms with E-state index in [1.54, 1.807) is 6.07 Å². The molecule has 1 fully saturated rings. The molecule has 0 bridgehead atoms. The number of aromatic nitrogens is 2. The zero-order valence-electron chi connectivity index (χ0n) is 15.6. The predicted molar refractivity (Wildman–Crippen MR) is 107 cm³/mol. The summed E-state index contributed by atoms with van der Waals surface area (Å²) < 4.78 is 26.4. The van der Waals surface area contributed by atoms with Crippen LogP contribution >= 0.6 is 0 Å². The molecule has 1 amide bonds. The number of nitrogens with one attached hydrogen (secondary N) is 1. The van der Waals surface area contributed by atoms with Gasteiger partial charge in [0.25, 0.3) is 5.91 Å². The molecule has 1 saturated heterocycles. The van der Waals surface area contributed by atoms with Gasteiger partial charge in [-0.2, -0.15) is 0 Å². The van der Waals surface area contributed by atoms with Gasteiger partial charge in [-0.15, -0.1) is 0 Å². The van der Waals surface area contributed by atoms with Crippen molar-refractivity contribution in [3.05, 3.63) is 78.3 Å². The van der Waals surface area contributed by atoms with E-state index in [1.807, 2.05) is 18.2 Å². The van der Waals surface area contributed by atoms with Crippen LogP contribution in [0.3, 0.4) is 0 Å². The monoisotopic (exact) mass is 395 g/mol. The van der Waals surface area contributed by atoms with Gasteiger partial charge in [0, 0.05) is 49.7 Å². The van der Waals surface area contributed by atoms with Gasteiger partial charge in [0.15, 0.2) is 11.6 Å². The minimum atomic E-state index is -1.03. The summed E-state index contributed by atoms with van der Waals surface area (Å²) >= 11 is 0. The highest BCUT2D eigenvalue weighted by Crippen LogP contribution is 2.20. The quantitative estimate of drug-likeness (QED) is 0.734. The minimum Gasteiger partial charge on any atom is -0.368 e. The molecular weight excluding hydrogens is 376 g/mol. The number of rotatable bonds is 4. The molecule has 1 aliphatic rings. The van der Waals surface area contributed by atoms with Crippen molar-refractivity contribution in [3.63, 3.8) is 0 Å². The average molecular weight is 395 g/mol. The Bertz CT molecular complexity index is 1010. The lowest BCUT2D eigenvalue weighted by Crippen LogP contribution is -2.46. The van der Waals surface area contributed by atoms with E-state index in [9.17, 15) is 13.6 Å². The fourth-order valence-electron chi connectivity index (χ4n) is 3.25. The SMILES string of the molecule is O=C(Nc1ccc(F)c(F)c1)c1cc(N2CCN(c3ccccc3)CC2)ncn1. The van der Waals surface area contributed by atoms with E-state index in [4.69, 9.17) is 0 Å². The highest BCUT2D eigenvalue weighted by molar-refractivity contribution is 6.03. The van der Waals surface area contributed by atoms with Crippen LogP contribution in [0.25, 0.3) is 0 Å². The second-order valence-corrected chi connectivity index (χ2v) is 6.65. The number of carbonyl (C=O) groups is 1. The van der Waals surface area contributed by atoms with E-state index in [1.165, 1.54) is 18.1 Å². The summed E-state index contributed by atoms with van der Waals surface area (Å²) in [6.45, 7) is 3.20. The zero-order valence-corrected chi connectivity index (χ0v) is 15.6. The Morgan fingerprint density at radius 1 is 0.862 bits per heavy atom. The van der Waals surface area contributed by atoms with Crippen molar-refractivity contribution in [2.75, 3.05) is 41.3 Å². The predicted octanol–water partition coefficient (Wildman–Crippen LogP) is 3.33. The van der Waals surface area contributed by atoms with Crippen LogP contribution in [0.5, 0.6) is 0 Å². The number of halogens is 2. The van der Waals surface area contributed by atoms with Crippen molar-refractivity contribution >= 4 is 23.1 Å². The molecule has 6 nitrogen and oxygen atoms in total. The Hall–Kier alpha value is -3.55. The molecule has 2 aromatic carbocycles. The molecule has 0 spiro atoms. The van der Waals surface area contributed by atoms with Gasteiger partial charge in [0.05, 0.1) is 0 Å². The van der Waals surface area contributed by atoms with Crippen LogP contribution in [0, 0.1) is 11.6 Å². The lowest BCUT2D eigenvalue weighted by atomic mass is 10.2. The van der Waals surface area contributed by atoms with E-state index in [0.717, 1.165) is 38.3 Å².